The van der Waals surface area contributed by atoms with Gasteiger partial charge in [0, 0.05) is 16.6 Å². The highest BCUT2D eigenvalue weighted by atomic mass is 31.1. The van der Waals surface area contributed by atoms with Crippen LogP contribution in [0, 0.1) is 0 Å². The largest absolute Gasteiger partial charge is 0.704 e. The van der Waals surface area contributed by atoms with Crippen molar-refractivity contribution in [1.29, 1.82) is 0 Å². The Morgan fingerprint density at radius 3 is 1.31 bits per heavy atom. The highest BCUT2D eigenvalue weighted by Crippen LogP contribution is 2.25. The van der Waals surface area contributed by atoms with Crippen LogP contribution in [-0.4, -0.2) is 49.1 Å². The van der Waals surface area contributed by atoms with E-state index >= 15 is 0 Å². The van der Waals surface area contributed by atoms with Crippen molar-refractivity contribution in [2.24, 2.45) is 0 Å². The van der Waals surface area contributed by atoms with Gasteiger partial charge in [0.1, 0.15) is 22.7 Å². The molecule has 0 aliphatic carbocycles. The highest BCUT2D eigenvalue weighted by Gasteiger charge is 2.22. The molecule has 0 saturated carbocycles. The van der Waals surface area contributed by atoms with E-state index < -0.39 is 31.6 Å². The molecule has 2 aromatic carbocycles. The summed E-state index contributed by atoms with van der Waals surface area (Å²) in [6.45, 7) is 14.1. The maximum Gasteiger partial charge on any atom is 0.704 e. The second kappa shape index (κ2) is 16.3. The number of rotatable bonds is 14. The second-order valence-electron chi connectivity index (χ2n) is 11.8. The predicted octanol–water partition coefficient (Wildman–Crippen LogP) is 6.66. The van der Waals surface area contributed by atoms with Crippen molar-refractivity contribution in [1.82, 2.24) is 10.6 Å². The molecule has 0 aromatic heterocycles. The van der Waals surface area contributed by atoms with Crippen molar-refractivity contribution in [3.63, 3.8) is 0 Å². The van der Waals surface area contributed by atoms with Gasteiger partial charge in [-0.3, -0.25) is 0 Å². The van der Waals surface area contributed by atoms with E-state index in [4.69, 9.17) is 28.0 Å². The van der Waals surface area contributed by atoms with Gasteiger partial charge in [-0.15, -0.1) is 0 Å². The van der Waals surface area contributed by atoms with Gasteiger partial charge >= 0.3 is 20.4 Å². The molecule has 232 valence electrons. The molecule has 0 heterocycles. The fourth-order valence-corrected chi connectivity index (χ4v) is 3.93. The van der Waals surface area contributed by atoms with Crippen LogP contribution in [0.3, 0.4) is 0 Å². The van der Waals surface area contributed by atoms with Gasteiger partial charge in [-0.1, -0.05) is 33.3 Å². The highest BCUT2D eigenvalue weighted by molar-refractivity contribution is 7.33. The molecule has 2 unspecified atom stereocenters. The topological polar surface area (TPSA) is 131 Å². The Bertz CT molecular complexity index is 1050. The fraction of sp³-hybridized carbons (Fsp3) is 0.533. The van der Waals surface area contributed by atoms with Gasteiger partial charge in [0.05, 0.1) is 0 Å². The molecule has 0 radical (unpaired) electrons. The van der Waals surface area contributed by atoms with Crippen molar-refractivity contribution in [3.05, 3.63) is 59.7 Å². The van der Waals surface area contributed by atoms with Crippen LogP contribution in [0.25, 0.3) is 0 Å². The molecular formula is C30H44N2O9P+. The van der Waals surface area contributed by atoms with E-state index in [0.29, 0.717) is 24.3 Å². The number of amides is 2. The number of nitrogens with one attached hydrogen (secondary N) is 2. The minimum Gasteiger partial charge on any atom is -0.463 e. The Hall–Kier alpha value is -3.40. The van der Waals surface area contributed by atoms with Gasteiger partial charge in [0.15, 0.2) is 0 Å². The SMILES string of the molecule is CC(Cc1ccc(OCO[P+](=O)OCOc2ccc(CC(C)NC(=O)OC(C)(C)C)cc2)cc1)NC(=O)OC(C)(C)C. The Kier molecular flexibility index (Phi) is 13.5. The van der Waals surface area contributed by atoms with Crippen LogP contribution < -0.4 is 20.1 Å². The monoisotopic (exact) mass is 607 g/mol. The third kappa shape index (κ3) is 15.6. The molecule has 2 amide bonds. The molecule has 12 heteroatoms. The van der Waals surface area contributed by atoms with Gasteiger partial charge in [0.2, 0.25) is 13.6 Å². The number of alkyl carbamates (subject to hydrolysis) is 2. The standard InChI is InChI=1S/C30H43N2O9P/c1-21(31-27(33)40-29(3,4)5)17-23-9-13-25(14-10-23)36-19-38-42(35)39-20-37-26-15-11-24(12-16-26)18-22(2)32-28(34)41-30(6,7)8/h9-16,21-22H,17-20H2,1-8H3,(H-,31,32,33,34)/p+1. The van der Waals surface area contributed by atoms with Crippen LogP contribution in [0.4, 0.5) is 9.59 Å². The maximum atomic E-state index is 12.0. The summed E-state index contributed by atoms with van der Waals surface area (Å²) >= 11 is 0. The molecule has 0 aliphatic heterocycles. The van der Waals surface area contributed by atoms with Gasteiger partial charge in [-0.2, -0.15) is 0 Å². The predicted molar refractivity (Wildman–Crippen MR) is 159 cm³/mol. The third-order valence-corrected chi connectivity index (χ3v) is 5.86. The van der Waals surface area contributed by atoms with Crippen LogP contribution in [0.2, 0.25) is 0 Å². The van der Waals surface area contributed by atoms with E-state index in [0.717, 1.165) is 11.1 Å². The summed E-state index contributed by atoms with van der Waals surface area (Å²) in [5.74, 6) is 1.06. The Morgan fingerprint density at radius 1 is 0.667 bits per heavy atom. The van der Waals surface area contributed by atoms with Crippen molar-refractivity contribution < 1.29 is 42.1 Å². The third-order valence-electron chi connectivity index (χ3n) is 5.22. The van der Waals surface area contributed by atoms with Crippen LogP contribution >= 0.6 is 8.25 Å². The molecule has 2 rings (SSSR count). The number of carbonyl (C=O) groups excluding carboxylic acids is 2. The first-order chi connectivity index (χ1) is 19.6. The average Bonchev–Trinajstić information content (AvgIpc) is 2.83. The molecule has 0 spiro atoms. The zero-order chi connectivity index (χ0) is 31.3. The molecule has 2 N–H and O–H groups in total. The quantitative estimate of drug-likeness (QED) is 0.179. The van der Waals surface area contributed by atoms with Crippen molar-refractivity contribution in [2.75, 3.05) is 13.6 Å². The first-order valence-electron chi connectivity index (χ1n) is 13.7. The molecular weight excluding hydrogens is 563 g/mol. The average molecular weight is 608 g/mol. The molecule has 0 aliphatic rings. The molecule has 2 aromatic rings. The van der Waals surface area contributed by atoms with Crippen molar-refractivity contribution in [3.8, 4) is 11.5 Å². The van der Waals surface area contributed by atoms with Crippen LogP contribution in [0.1, 0.15) is 66.5 Å². The Labute approximate surface area is 249 Å². The lowest BCUT2D eigenvalue weighted by atomic mass is 10.1. The lowest BCUT2D eigenvalue weighted by molar-refractivity contribution is 0.0496. The molecule has 42 heavy (non-hydrogen) atoms. The normalized spacial score (nSPS) is 13.4. The number of hydrogen-bond donors (Lipinski definition) is 2. The van der Waals surface area contributed by atoms with Gasteiger partial charge < -0.3 is 29.6 Å². The van der Waals surface area contributed by atoms with Gasteiger partial charge in [-0.05, 0) is 104 Å². The molecule has 2 atom stereocenters. The van der Waals surface area contributed by atoms with Crippen molar-refractivity contribution in [2.45, 2.75) is 91.5 Å². The zero-order valence-corrected chi connectivity index (χ0v) is 26.6. The first kappa shape index (κ1) is 34.8. The zero-order valence-electron chi connectivity index (χ0n) is 25.7. The first-order valence-corrected chi connectivity index (χ1v) is 14.8. The molecule has 0 saturated heterocycles. The summed E-state index contributed by atoms with van der Waals surface area (Å²) in [6, 6.07) is 14.3. The number of benzene rings is 2. The fourth-order valence-electron chi connectivity index (χ4n) is 3.58. The van der Waals surface area contributed by atoms with E-state index in [9.17, 15) is 14.2 Å². The van der Waals surface area contributed by atoms with Crippen LogP contribution in [0.15, 0.2) is 48.5 Å². The summed E-state index contributed by atoms with van der Waals surface area (Å²) in [7, 11) is -2.45. The summed E-state index contributed by atoms with van der Waals surface area (Å²) in [5, 5.41) is 5.62. The van der Waals surface area contributed by atoms with Gasteiger partial charge in [0.25, 0.3) is 0 Å². The van der Waals surface area contributed by atoms with E-state index in [1.54, 1.807) is 24.3 Å². The second-order valence-corrected chi connectivity index (χ2v) is 12.8. The van der Waals surface area contributed by atoms with E-state index in [-0.39, 0.29) is 25.7 Å². The lowest BCUT2D eigenvalue weighted by Crippen LogP contribution is -2.38. The summed E-state index contributed by atoms with van der Waals surface area (Å²) in [4.78, 5) is 23.8. The van der Waals surface area contributed by atoms with E-state index in [1.165, 1.54) is 0 Å². The lowest BCUT2D eigenvalue weighted by Gasteiger charge is -2.22. The maximum absolute atomic E-state index is 12.0. The smallest absolute Gasteiger partial charge is 0.463 e. The summed E-state index contributed by atoms with van der Waals surface area (Å²) < 4.78 is 43.6. The number of carbonyl (C=O) groups is 2. The molecule has 11 nitrogen and oxygen atoms in total. The Balaban J connectivity index is 1.63. The van der Waals surface area contributed by atoms with E-state index in [2.05, 4.69) is 10.6 Å². The number of ether oxygens (including phenoxy) is 4. The number of hydrogen-bond acceptors (Lipinski definition) is 9. The van der Waals surface area contributed by atoms with Crippen molar-refractivity contribution >= 4 is 20.4 Å². The minimum atomic E-state index is -2.45. The molecule has 0 fully saturated rings. The van der Waals surface area contributed by atoms with Gasteiger partial charge in [-0.25, -0.2) is 9.59 Å². The van der Waals surface area contributed by atoms with Crippen LogP contribution in [-0.2, 0) is 35.9 Å². The Morgan fingerprint density at radius 2 is 1.00 bits per heavy atom. The minimum absolute atomic E-state index is 0.118. The van der Waals surface area contributed by atoms with Crippen LogP contribution in [0.5, 0.6) is 11.5 Å². The molecule has 0 bridgehead atoms. The summed E-state index contributed by atoms with van der Waals surface area (Å²) in [5.41, 5.74) is 0.895. The van der Waals surface area contributed by atoms with E-state index in [1.807, 2.05) is 79.7 Å². The summed E-state index contributed by atoms with van der Waals surface area (Å²) in [6.07, 6.45) is 0.317.